The van der Waals surface area contributed by atoms with E-state index in [-0.39, 0.29) is 11.8 Å². The Morgan fingerprint density at radius 1 is 1.53 bits per heavy atom. The highest BCUT2D eigenvalue weighted by atomic mass is 79.9. The summed E-state index contributed by atoms with van der Waals surface area (Å²) in [7, 11) is 4.39. The van der Waals surface area contributed by atoms with E-state index >= 15 is 0 Å². The van der Waals surface area contributed by atoms with Crippen molar-refractivity contribution in [3.05, 3.63) is 22.3 Å². The van der Waals surface area contributed by atoms with Gasteiger partial charge in [0, 0.05) is 17.7 Å². The van der Waals surface area contributed by atoms with Crippen LogP contribution in [0.5, 0.6) is 5.88 Å². The molecule has 0 saturated heterocycles. The number of rotatable bonds is 3. The van der Waals surface area contributed by atoms with Gasteiger partial charge in [0.05, 0.1) is 14.2 Å². The zero-order chi connectivity index (χ0) is 11.4. The first-order valence-electron chi connectivity index (χ1n) is 4.11. The van der Waals surface area contributed by atoms with Crippen molar-refractivity contribution in [1.82, 2.24) is 10.0 Å². The van der Waals surface area contributed by atoms with E-state index in [2.05, 4.69) is 20.9 Å². The predicted molar refractivity (Wildman–Crippen MR) is 57.6 cm³/mol. The van der Waals surface area contributed by atoms with Crippen LogP contribution in [-0.4, -0.2) is 37.2 Å². The number of hydroxylamine groups is 2. The van der Waals surface area contributed by atoms with Gasteiger partial charge in [-0.2, -0.15) is 0 Å². The van der Waals surface area contributed by atoms with Gasteiger partial charge in [0.25, 0.3) is 5.91 Å². The van der Waals surface area contributed by atoms with Crippen LogP contribution in [-0.2, 0) is 4.84 Å². The molecule has 0 aromatic carbocycles. The summed E-state index contributed by atoms with van der Waals surface area (Å²) in [6.45, 7) is 0. The summed E-state index contributed by atoms with van der Waals surface area (Å²) in [5, 5.41) is 1.10. The number of hydrogen-bond acceptors (Lipinski definition) is 4. The molecule has 0 bridgehead atoms. The molecular weight excluding hydrogens is 264 g/mol. The van der Waals surface area contributed by atoms with Crippen molar-refractivity contribution in [1.29, 1.82) is 0 Å². The van der Waals surface area contributed by atoms with Crippen molar-refractivity contribution in [2.75, 3.05) is 21.3 Å². The maximum absolute atomic E-state index is 11.8. The molecule has 0 N–H and O–H groups in total. The van der Waals surface area contributed by atoms with Crippen LogP contribution < -0.4 is 4.74 Å². The molecule has 0 fully saturated rings. The molecule has 82 valence electrons. The normalized spacial score (nSPS) is 9.87. The number of nitrogens with zero attached hydrogens (tertiary/aromatic N) is 2. The Hall–Kier alpha value is -1.14. The van der Waals surface area contributed by atoms with E-state index in [0.29, 0.717) is 10.0 Å². The maximum Gasteiger partial charge on any atom is 0.282 e. The van der Waals surface area contributed by atoms with Gasteiger partial charge in [0.1, 0.15) is 5.56 Å². The average Bonchev–Trinajstić information content (AvgIpc) is 2.27. The highest BCUT2D eigenvalue weighted by molar-refractivity contribution is 9.10. The molecule has 0 aliphatic carbocycles. The van der Waals surface area contributed by atoms with Crippen molar-refractivity contribution in [3.63, 3.8) is 0 Å². The summed E-state index contributed by atoms with van der Waals surface area (Å²) < 4.78 is 5.69. The molecule has 1 aromatic heterocycles. The summed E-state index contributed by atoms with van der Waals surface area (Å²) >= 11 is 3.24. The Morgan fingerprint density at radius 3 is 2.73 bits per heavy atom. The molecule has 15 heavy (non-hydrogen) atoms. The highest BCUT2D eigenvalue weighted by Crippen LogP contribution is 2.20. The second kappa shape index (κ2) is 5.09. The van der Waals surface area contributed by atoms with Crippen molar-refractivity contribution in [3.8, 4) is 5.88 Å². The topological polar surface area (TPSA) is 51.7 Å². The number of ether oxygens (including phenoxy) is 1. The molecule has 1 amide bonds. The van der Waals surface area contributed by atoms with Gasteiger partial charge in [-0.05, 0) is 22.0 Å². The lowest BCUT2D eigenvalue weighted by Crippen LogP contribution is -2.26. The van der Waals surface area contributed by atoms with Crippen molar-refractivity contribution < 1.29 is 14.4 Å². The van der Waals surface area contributed by atoms with E-state index in [1.54, 1.807) is 12.3 Å². The minimum Gasteiger partial charge on any atom is -0.480 e. The van der Waals surface area contributed by atoms with Gasteiger partial charge in [-0.15, -0.1) is 0 Å². The zero-order valence-electron chi connectivity index (χ0n) is 8.65. The molecule has 1 heterocycles. The van der Waals surface area contributed by atoms with Gasteiger partial charge in [-0.1, -0.05) is 0 Å². The van der Waals surface area contributed by atoms with Crippen LogP contribution in [0.25, 0.3) is 0 Å². The predicted octanol–water partition coefficient (Wildman–Crippen LogP) is 1.49. The van der Waals surface area contributed by atoms with Gasteiger partial charge >= 0.3 is 0 Å². The van der Waals surface area contributed by atoms with Crippen molar-refractivity contribution >= 4 is 21.8 Å². The van der Waals surface area contributed by atoms with Crippen LogP contribution in [0.2, 0.25) is 0 Å². The summed E-state index contributed by atoms with van der Waals surface area (Å²) in [6.07, 6.45) is 1.56. The molecule has 1 aromatic rings. The molecule has 0 aliphatic rings. The number of halogens is 1. The van der Waals surface area contributed by atoms with E-state index in [4.69, 9.17) is 9.57 Å². The Labute approximate surface area is 96.1 Å². The lowest BCUT2D eigenvalue weighted by Gasteiger charge is -2.15. The van der Waals surface area contributed by atoms with Gasteiger partial charge in [0.15, 0.2) is 0 Å². The third-order valence-electron chi connectivity index (χ3n) is 1.80. The van der Waals surface area contributed by atoms with E-state index in [1.165, 1.54) is 21.3 Å². The Bertz CT molecular complexity index is 370. The van der Waals surface area contributed by atoms with Gasteiger partial charge < -0.3 is 4.74 Å². The molecule has 6 heteroatoms. The maximum atomic E-state index is 11.8. The van der Waals surface area contributed by atoms with Crippen LogP contribution in [0.4, 0.5) is 0 Å². The van der Waals surface area contributed by atoms with E-state index in [0.717, 1.165) is 5.06 Å². The molecule has 1 rings (SSSR count). The second-order valence-corrected chi connectivity index (χ2v) is 3.61. The Morgan fingerprint density at radius 2 is 2.20 bits per heavy atom. The smallest absolute Gasteiger partial charge is 0.282 e. The first kappa shape index (κ1) is 11.9. The molecule has 0 unspecified atom stereocenters. The van der Waals surface area contributed by atoms with Gasteiger partial charge in [0.2, 0.25) is 5.88 Å². The molecule has 0 saturated carbocycles. The Balaban J connectivity index is 3.11. The van der Waals surface area contributed by atoms with E-state index in [1.807, 2.05) is 0 Å². The molecule has 0 atom stereocenters. The minimum atomic E-state index is -0.317. The number of carbonyl (C=O) groups excluding carboxylic acids is 1. The third-order valence-corrected chi connectivity index (χ3v) is 2.24. The van der Waals surface area contributed by atoms with E-state index < -0.39 is 0 Å². The molecule has 5 nitrogen and oxygen atoms in total. The molecule has 0 spiro atoms. The van der Waals surface area contributed by atoms with Crippen LogP contribution in [0, 0.1) is 0 Å². The van der Waals surface area contributed by atoms with Crippen molar-refractivity contribution in [2.45, 2.75) is 0 Å². The summed E-state index contributed by atoms with van der Waals surface area (Å²) in [4.78, 5) is 20.5. The highest BCUT2D eigenvalue weighted by Gasteiger charge is 2.18. The van der Waals surface area contributed by atoms with Crippen LogP contribution in [0.15, 0.2) is 16.7 Å². The fourth-order valence-electron chi connectivity index (χ4n) is 0.995. The standard InChI is InChI=1S/C9H11BrN2O3/c1-12(15-3)9(13)7-4-6(10)5-11-8(7)14-2/h4-5H,1-3H3. The zero-order valence-corrected chi connectivity index (χ0v) is 10.2. The molecular formula is C9H11BrN2O3. The van der Waals surface area contributed by atoms with Crippen LogP contribution in [0.3, 0.4) is 0 Å². The van der Waals surface area contributed by atoms with Gasteiger partial charge in [-0.25, -0.2) is 10.0 Å². The van der Waals surface area contributed by atoms with Crippen LogP contribution >= 0.6 is 15.9 Å². The van der Waals surface area contributed by atoms with E-state index in [9.17, 15) is 4.79 Å². The first-order valence-corrected chi connectivity index (χ1v) is 4.91. The number of pyridine rings is 1. The number of hydrogen-bond donors (Lipinski definition) is 0. The monoisotopic (exact) mass is 274 g/mol. The second-order valence-electron chi connectivity index (χ2n) is 2.70. The average molecular weight is 275 g/mol. The lowest BCUT2D eigenvalue weighted by molar-refractivity contribution is -0.0758. The quantitative estimate of drug-likeness (QED) is 0.784. The summed E-state index contributed by atoms with van der Waals surface area (Å²) in [5.41, 5.74) is 0.344. The number of amides is 1. The number of methoxy groups -OCH3 is 1. The van der Waals surface area contributed by atoms with Crippen molar-refractivity contribution in [2.24, 2.45) is 0 Å². The fourth-order valence-corrected chi connectivity index (χ4v) is 1.33. The summed E-state index contributed by atoms with van der Waals surface area (Å²) in [5.74, 6) is -0.0461. The van der Waals surface area contributed by atoms with Gasteiger partial charge in [-0.3, -0.25) is 9.63 Å². The number of aromatic nitrogens is 1. The summed E-state index contributed by atoms with van der Waals surface area (Å²) in [6, 6.07) is 1.63. The number of carbonyl (C=O) groups is 1. The third kappa shape index (κ3) is 2.66. The molecule has 0 radical (unpaired) electrons. The lowest BCUT2D eigenvalue weighted by atomic mass is 10.2. The Kier molecular flexibility index (Phi) is 4.05. The fraction of sp³-hybridized carbons (Fsp3) is 0.333. The molecule has 0 aliphatic heterocycles. The first-order chi connectivity index (χ1) is 7.10. The SMILES string of the molecule is COc1ncc(Br)cc1C(=O)N(C)OC. The van der Waals surface area contributed by atoms with Crippen LogP contribution in [0.1, 0.15) is 10.4 Å². The minimum absolute atomic E-state index is 0.270. The largest absolute Gasteiger partial charge is 0.480 e.